The largest absolute Gasteiger partial charge is 0.459 e. The van der Waals surface area contributed by atoms with Crippen LogP contribution in [-0.4, -0.2) is 4.98 Å². The Morgan fingerprint density at radius 1 is 1.33 bits per heavy atom. The summed E-state index contributed by atoms with van der Waals surface area (Å²) in [5.74, 6) is 1.06. The van der Waals surface area contributed by atoms with E-state index in [1.54, 1.807) is 11.3 Å². The molecule has 1 aromatic carbocycles. The van der Waals surface area contributed by atoms with Crippen molar-refractivity contribution in [2.75, 3.05) is 0 Å². The molecule has 3 nitrogen and oxygen atoms in total. The Kier molecular flexibility index (Phi) is 4.08. The minimum Gasteiger partial charge on any atom is -0.459 e. The predicted molar refractivity (Wildman–Crippen MR) is 87.7 cm³/mol. The van der Waals surface area contributed by atoms with Gasteiger partial charge in [-0.3, -0.25) is 0 Å². The van der Waals surface area contributed by atoms with E-state index in [0.717, 1.165) is 30.0 Å². The van der Waals surface area contributed by atoms with Gasteiger partial charge in [-0.2, -0.15) is 0 Å². The molecular formula is C17H20N2OS. The number of aromatic nitrogens is 1. The summed E-state index contributed by atoms with van der Waals surface area (Å²) in [7, 11) is 0. The van der Waals surface area contributed by atoms with Gasteiger partial charge in [0.25, 0.3) is 0 Å². The first kappa shape index (κ1) is 14.3. The second-order valence-corrected chi connectivity index (χ2v) is 6.20. The van der Waals surface area contributed by atoms with Gasteiger partial charge in [-0.25, -0.2) is 4.98 Å². The number of nitrogens with one attached hydrogen (secondary N) is 1. The summed E-state index contributed by atoms with van der Waals surface area (Å²) >= 11 is 1.70. The molecule has 0 amide bonds. The van der Waals surface area contributed by atoms with Crippen molar-refractivity contribution in [3.8, 4) is 0 Å². The van der Waals surface area contributed by atoms with Gasteiger partial charge in [0, 0.05) is 22.4 Å². The molecule has 2 heterocycles. The van der Waals surface area contributed by atoms with Crippen molar-refractivity contribution in [3.05, 3.63) is 51.7 Å². The standard InChI is InChI=1S/C17H20N2OS/c1-4-13-14-7-5-6-8-15(14)20-17(13)12(3)18-9-16-11(2)19-10-21-16/h5-8,10,12,18H,4,9H2,1-3H3. The third-order valence-corrected chi connectivity index (χ3v) is 4.83. The van der Waals surface area contributed by atoms with E-state index in [2.05, 4.69) is 43.2 Å². The van der Waals surface area contributed by atoms with Crippen molar-refractivity contribution < 1.29 is 4.42 Å². The molecule has 0 aliphatic heterocycles. The number of para-hydroxylation sites is 1. The highest BCUT2D eigenvalue weighted by Gasteiger charge is 2.18. The van der Waals surface area contributed by atoms with Gasteiger partial charge >= 0.3 is 0 Å². The number of nitrogens with zero attached hydrogens (tertiary/aromatic N) is 1. The van der Waals surface area contributed by atoms with E-state index < -0.39 is 0 Å². The van der Waals surface area contributed by atoms with Crippen LogP contribution in [0.5, 0.6) is 0 Å². The Hall–Kier alpha value is -1.65. The Labute approximate surface area is 129 Å². The normalized spacial score (nSPS) is 12.9. The lowest BCUT2D eigenvalue weighted by atomic mass is 10.1. The smallest absolute Gasteiger partial charge is 0.134 e. The van der Waals surface area contributed by atoms with Crippen LogP contribution in [0, 0.1) is 6.92 Å². The van der Waals surface area contributed by atoms with Crippen LogP contribution in [0.15, 0.2) is 34.2 Å². The SMILES string of the molecule is CCc1c(C(C)NCc2scnc2C)oc2ccccc12. The van der Waals surface area contributed by atoms with Crippen LogP contribution >= 0.6 is 11.3 Å². The maximum absolute atomic E-state index is 6.08. The van der Waals surface area contributed by atoms with Crippen LogP contribution in [-0.2, 0) is 13.0 Å². The zero-order valence-corrected chi connectivity index (χ0v) is 13.5. The fourth-order valence-corrected chi connectivity index (χ4v) is 3.39. The van der Waals surface area contributed by atoms with E-state index in [1.807, 2.05) is 17.6 Å². The molecule has 110 valence electrons. The average molecular weight is 300 g/mol. The Balaban J connectivity index is 1.84. The van der Waals surface area contributed by atoms with Crippen LogP contribution in [0.1, 0.15) is 41.8 Å². The monoisotopic (exact) mass is 300 g/mol. The fourth-order valence-electron chi connectivity index (χ4n) is 2.67. The zero-order chi connectivity index (χ0) is 14.8. The molecule has 0 saturated heterocycles. The van der Waals surface area contributed by atoms with E-state index in [0.29, 0.717) is 0 Å². The summed E-state index contributed by atoms with van der Waals surface area (Å²) in [6.07, 6.45) is 0.984. The third kappa shape index (κ3) is 2.74. The Morgan fingerprint density at radius 2 is 2.14 bits per heavy atom. The van der Waals surface area contributed by atoms with Gasteiger partial charge < -0.3 is 9.73 Å². The summed E-state index contributed by atoms with van der Waals surface area (Å²) in [5, 5.41) is 4.79. The number of benzene rings is 1. The summed E-state index contributed by atoms with van der Waals surface area (Å²) in [4.78, 5) is 5.58. The second-order valence-electron chi connectivity index (χ2n) is 5.26. The van der Waals surface area contributed by atoms with E-state index in [9.17, 15) is 0 Å². The van der Waals surface area contributed by atoms with Gasteiger partial charge in [0.2, 0.25) is 0 Å². The number of rotatable bonds is 5. The zero-order valence-electron chi connectivity index (χ0n) is 12.6. The van der Waals surface area contributed by atoms with Gasteiger partial charge in [0.05, 0.1) is 17.2 Å². The number of hydrogen-bond donors (Lipinski definition) is 1. The summed E-state index contributed by atoms with van der Waals surface area (Å²) < 4.78 is 6.08. The lowest BCUT2D eigenvalue weighted by Crippen LogP contribution is -2.18. The van der Waals surface area contributed by atoms with Crippen molar-refractivity contribution in [1.29, 1.82) is 0 Å². The first-order valence-electron chi connectivity index (χ1n) is 7.33. The van der Waals surface area contributed by atoms with Crippen LogP contribution in [0.2, 0.25) is 0 Å². The van der Waals surface area contributed by atoms with E-state index in [4.69, 9.17) is 4.42 Å². The van der Waals surface area contributed by atoms with Gasteiger partial charge in [-0.05, 0) is 26.3 Å². The van der Waals surface area contributed by atoms with Gasteiger partial charge in [0.15, 0.2) is 0 Å². The van der Waals surface area contributed by atoms with Crippen molar-refractivity contribution in [3.63, 3.8) is 0 Å². The highest BCUT2D eigenvalue weighted by molar-refractivity contribution is 7.09. The molecule has 0 aliphatic carbocycles. The molecule has 0 spiro atoms. The van der Waals surface area contributed by atoms with Crippen molar-refractivity contribution >= 4 is 22.3 Å². The van der Waals surface area contributed by atoms with Gasteiger partial charge in [-0.15, -0.1) is 11.3 Å². The number of thiazole rings is 1. The molecule has 0 saturated carbocycles. The summed E-state index contributed by atoms with van der Waals surface area (Å²) in [6, 6.07) is 8.46. The number of aryl methyl sites for hydroxylation is 2. The Bertz CT molecular complexity index is 744. The molecule has 1 atom stereocenters. The van der Waals surface area contributed by atoms with Crippen molar-refractivity contribution in [2.45, 2.75) is 39.8 Å². The molecule has 3 aromatic rings. The molecule has 0 aliphatic rings. The molecule has 3 rings (SSSR count). The number of fused-ring (bicyclic) bond motifs is 1. The molecule has 0 radical (unpaired) electrons. The molecule has 0 bridgehead atoms. The lowest BCUT2D eigenvalue weighted by molar-refractivity contribution is 0.446. The number of furan rings is 1. The molecular weight excluding hydrogens is 280 g/mol. The van der Waals surface area contributed by atoms with Gasteiger partial charge in [0.1, 0.15) is 11.3 Å². The minimum atomic E-state index is 0.189. The topological polar surface area (TPSA) is 38.1 Å². The van der Waals surface area contributed by atoms with E-state index in [1.165, 1.54) is 15.8 Å². The molecule has 4 heteroatoms. The van der Waals surface area contributed by atoms with Crippen LogP contribution in [0.25, 0.3) is 11.0 Å². The predicted octanol–water partition coefficient (Wildman–Crippen LogP) is 4.61. The Morgan fingerprint density at radius 3 is 2.86 bits per heavy atom. The highest BCUT2D eigenvalue weighted by Crippen LogP contribution is 2.30. The first-order chi connectivity index (χ1) is 10.2. The molecule has 1 N–H and O–H groups in total. The van der Waals surface area contributed by atoms with Crippen LogP contribution < -0.4 is 5.32 Å². The maximum Gasteiger partial charge on any atom is 0.134 e. The van der Waals surface area contributed by atoms with E-state index >= 15 is 0 Å². The third-order valence-electron chi connectivity index (χ3n) is 3.89. The van der Waals surface area contributed by atoms with Crippen LogP contribution in [0.4, 0.5) is 0 Å². The highest BCUT2D eigenvalue weighted by atomic mass is 32.1. The first-order valence-corrected chi connectivity index (χ1v) is 8.21. The van der Waals surface area contributed by atoms with Gasteiger partial charge in [-0.1, -0.05) is 25.1 Å². The summed E-state index contributed by atoms with van der Waals surface area (Å²) in [5.41, 5.74) is 5.30. The second kappa shape index (κ2) is 6.00. The quantitative estimate of drug-likeness (QED) is 0.747. The van der Waals surface area contributed by atoms with Crippen molar-refractivity contribution in [2.24, 2.45) is 0 Å². The average Bonchev–Trinajstić information content (AvgIpc) is 3.07. The molecule has 2 aromatic heterocycles. The molecule has 1 unspecified atom stereocenters. The fraction of sp³-hybridized carbons (Fsp3) is 0.353. The molecule has 21 heavy (non-hydrogen) atoms. The maximum atomic E-state index is 6.08. The lowest BCUT2D eigenvalue weighted by Gasteiger charge is -2.12. The number of hydrogen-bond acceptors (Lipinski definition) is 4. The van der Waals surface area contributed by atoms with Crippen molar-refractivity contribution in [1.82, 2.24) is 10.3 Å². The summed E-state index contributed by atoms with van der Waals surface area (Å²) in [6.45, 7) is 7.23. The van der Waals surface area contributed by atoms with Crippen LogP contribution in [0.3, 0.4) is 0 Å². The van der Waals surface area contributed by atoms with E-state index in [-0.39, 0.29) is 6.04 Å². The molecule has 0 fully saturated rings. The minimum absolute atomic E-state index is 0.189.